The molecule has 0 N–H and O–H groups in total. The number of hydrogen-bond acceptors (Lipinski definition) is 4. The van der Waals surface area contributed by atoms with Crippen LogP contribution in [0, 0.1) is 5.82 Å². The molecule has 0 atom stereocenters. The number of esters is 1. The summed E-state index contributed by atoms with van der Waals surface area (Å²) in [6.45, 7) is 3.74. The zero-order valence-electron chi connectivity index (χ0n) is 14.0. The van der Waals surface area contributed by atoms with E-state index in [-0.39, 0.29) is 24.1 Å². The van der Waals surface area contributed by atoms with E-state index < -0.39 is 0 Å². The SMILES string of the molecule is CCOC(=O)CCN(CCCN(C)C)C(=O)c1ccc(F)cc1. The van der Waals surface area contributed by atoms with Gasteiger partial charge in [0.2, 0.25) is 0 Å². The molecule has 128 valence electrons. The minimum Gasteiger partial charge on any atom is -0.466 e. The first kappa shape index (κ1) is 19.1. The highest BCUT2D eigenvalue weighted by Crippen LogP contribution is 2.09. The minimum atomic E-state index is -0.382. The highest BCUT2D eigenvalue weighted by Gasteiger charge is 2.17. The van der Waals surface area contributed by atoms with Crippen LogP contribution in [0.1, 0.15) is 30.1 Å². The van der Waals surface area contributed by atoms with Gasteiger partial charge >= 0.3 is 5.97 Å². The zero-order valence-corrected chi connectivity index (χ0v) is 14.0. The number of nitrogens with zero attached hydrogens (tertiary/aromatic N) is 2. The van der Waals surface area contributed by atoms with Gasteiger partial charge in [-0.15, -0.1) is 0 Å². The number of benzene rings is 1. The summed E-state index contributed by atoms with van der Waals surface area (Å²) in [5.74, 6) is -0.905. The Morgan fingerprint density at radius 3 is 2.30 bits per heavy atom. The Hall–Kier alpha value is -1.95. The summed E-state index contributed by atoms with van der Waals surface area (Å²) in [5, 5.41) is 0. The van der Waals surface area contributed by atoms with Crippen LogP contribution in [0.3, 0.4) is 0 Å². The Kier molecular flexibility index (Phi) is 8.26. The number of carbonyl (C=O) groups is 2. The van der Waals surface area contributed by atoms with E-state index in [9.17, 15) is 14.0 Å². The molecule has 1 aromatic carbocycles. The van der Waals surface area contributed by atoms with Crippen LogP contribution in [0.4, 0.5) is 4.39 Å². The van der Waals surface area contributed by atoms with Crippen molar-refractivity contribution in [3.63, 3.8) is 0 Å². The van der Waals surface area contributed by atoms with Crippen LogP contribution in [0.5, 0.6) is 0 Å². The molecular formula is C17H25FN2O3. The van der Waals surface area contributed by atoms with Gasteiger partial charge in [0.15, 0.2) is 0 Å². The standard InChI is InChI=1S/C17H25FN2O3/c1-4-23-16(21)10-13-20(12-5-11-19(2)3)17(22)14-6-8-15(18)9-7-14/h6-9H,4-5,10-13H2,1-3H3. The van der Waals surface area contributed by atoms with E-state index in [1.165, 1.54) is 24.3 Å². The number of carbonyl (C=O) groups excluding carboxylic acids is 2. The molecule has 0 aliphatic carbocycles. The second kappa shape index (κ2) is 9.94. The molecule has 23 heavy (non-hydrogen) atoms. The fourth-order valence-electron chi connectivity index (χ4n) is 2.13. The Morgan fingerprint density at radius 2 is 1.74 bits per heavy atom. The molecule has 1 amide bonds. The summed E-state index contributed by atoms with van der Waals surface area (Å²) in [5.41, 5.74) is 0.417. The molecular weight excluding hydrogens is 299 g/mol. The summed E-state index contributed by atoms with van der Waals surface area (Å²) >= 11 is 0. The number of rotatable bonds is 9. The smallest absolute Gasteiger partial charge is 0.307 e. The monoisotopic (exact) mass is 324 g/mol. The van der Waals surface area contributed by atoms with Gasteiger partial charge in [-0.05, 0) is 58.3 Å². The first-order valence-corrected chi connectivity index (χ1v) is 7.79. The number of hydrogen-bond donors (Lipinski definition) is 0. The third-order valence-electron chi connectivity index (χ3n) is 3.30. The van der Waals surface area contributed by atoms with Crippen LogP contribution in [0.2, 0.25) is 0 Å². The van der Waals surface area contributed by atoms with E-state index in [0.29, 0.717) is 25.3 Å². The number of ether oxygens (including phenoxy) is 1. The van der Waals surface area contributed by atoms with Crippen molar-refractivity contribution in [2.24, 2.45) is 0 Å². The van der Waals surface area contributed by atoms with Gasteiger partial charge < -0.3 is 14.5 Å². The third kappa shape index (κ3) is 7.23. The van der Waals surface area contributed by atoms with E-state index in [0.717, 1.165) is 13.0 Å². The predicted molar refractivity (Wildman–Crippen MR) is 86.7 cm³/mol. The lowest BCUT2D eigenvalue weighted by Crippen LogP contribution is -2.35. The van der Waals surface area contributed by atoms with Gasteiger partial charge in [-0.25, -0.2) is 4.39 Å². The quantitative estimate of drug-likeness (QED) is 0.653. The van der Waals surface area contributed by atoms with Crippen molar-refractivity contribution in [1.29, 1.82) is 0 Å². The van der Waals surface area contributed by atoms with E-state index in [1.807, 2.05) is 19.0 Å². The van der Waals surface area contributed by atoms with Crippen molar-refractivity contribution < 1.29 is 18.7 Å². The van der Waals surface area contributed by atoms with Gasteiger partial charge in [-0.1, -0.05) is 0 Å². The number of amides is 1. The summed E-state index contributed by atoms with van der Waals surface area (Å²) in [6, 6.07) is 5.44. The zero-order chi connectivity index (χ0) is 17.2. The van der Waals surface area contributed by atoms with E-state index in [2.05, 4.69) is 0 Å². The molecule has 0 aliphatic rings. The van der Waals surface area contributed by atoms with E-state index in [1.54, 1.807) is 11.8 Å². The predicted octanol–water partition coefficient (Wildman–Crippen LogP) is 2.17. The topological polar surface area (TPSA) is 49.9 Å². The fourth-order valence-corrected chi connectivity index (χ4v) is 2.13. The van der Waals surface area contributed by atoms with Crippen LogP contribution in [-0.4, -0.2) is 62.0 Å². The van der Waals surface area contributed by atoms with Crippen molar-refractivity contribution in [3.05, 3.63) is 35.6 Å². The molecule has 0 fully saturated rings. The lowest BCUT2D eigenvalue weighted by Gasteiger charge is -2.23. The molecule has 0 aliphatic heterocycles. The lowest BCUT2D eigenvalue weighted by atomic mass is 10.2. The van der Waals surface area contributed by atoms with Crippen molar-refractivity contribution in [2.75, 3.05) is 40.3 Å². The molecule has 0 heterocycles. The second-order valence-corrected chi connectivity index (χ2v) is 5.51. The average molecular weight is 324 g/mol. The molecule has 5 nitrogen and oxygen atoms in total. The average Bonchev–Trinajstić information content (AvgIpc) is 2.50. The normalized spacial score (nSPS) is 10.7. The summed E-state index contributed by atoms with van der Waals surface area (Å²) in [7, 11) is 3.93. The Bertz CT molecular complexity index is 503. The Morgan fingerprint density at radius 1 is 1.09 bits per heavy atom. The summed E-state index contributed by atoms with van der Waals surface area (Å²) < 4.78 is 17.9. The van der Waals surface area contributed by atoms with Crippen LogP contribution < -0.4 is 0 Å². The van der Waals surface area contributed by atoms with Crippen LogP contribution in [-0.2, 0) is 9.53 Å². The van der Waals surface area contributed by atoms with E-state index >= 15 is 0 Å². The molecule has 0 saturated carbocycles. The second-order valence-electron chi connectivity index (χ2n) is 5.51. The Labute approximate surface area is 137 Å². The van der Waals surface area contributed by atoms with Gasteiger partial charge in [0.25, 0.3) is 5.91 Å². The highest BCUT2D eigenvalue weighted by molar-refractivity contribution is 5.94. The molecule has 0 saturated heterocycles. The first-order valence-electron chi connectivity index (χ1n) is 7.79. The van der Waals surface area contributed by atoms with Crippen molar-refractivity contribution in [2.45, 2.75) is 19.8 Å². The maximum absolute atomic E-state index is 13.0. The lowest BCUT2D eigenvalue weighted by molar-refractivity contribution is -0.143. The first-order chi connectivity index (χ1) is 10.9. The highest BCUT2D eigenvalue weighted by atomic mass is 19.1. The van der Waals surface area contributed by atoms with Crippen molar-refractivity contribution >= 4 is 11.9 Å². The molecule has 0 radical (unpaired) electrons. The van der Waals surface area contributed by atoms with Crippen molar-refractivity contribution in [1.82, 2.24) is 9.80 Å². The maximum atomic E-state index is 13.0. The molecule has 1 rings (SSSR count). The molecule has 0 spiro atoms. The third-order valence-corrected chi connectivity index (χ3v) is 3.30. The Balaban J connectivity index is 2.69. The largest absolute Gasteiger partial charge is 0.466 e. The summed E-state index contributed by atoms with van der Waals surface area (Å²) in [6.07, 6.45) is 0.950. The maximum Gasteiger partial charge on any atom is 0.307 e. The molecule has 0 unspecified atom stereocenters. The van der Waals surface area contributed by atoms with Crippen molar-refractivity contribution in [3.8, 4) is 0 Å². The minimum absolute atomic E-state index is 0.155. The molecule has 0 aromatic heterocycles. The van der Waals surface area contributed by atoms with Crippen LogP contribution in [0.15, 0.2) is 24.3 Å². The van der Waals surface area contributed by atoms with E-state index in [4.69, 9.17) is 4.74 Å². The van der Waals surface area contributed by atoms with Gasteiger partial charge in [-0.3, -0.25) is 9.59 Å². The van der Waals surface area contributed by atoms with Crippen LogP contribution in [0.25, 0.3) is 0 Å². The number of halogens is 1. The van der Waals surface area contributed by atoms with Gasteiger partial charge in [0.05, 0.1) is 13.0 Å². The molecule has 0 bridgehead atoms. The van der Waals surface area contributed by atoms with Gasteiger partial charge in [-0.2, -0.15) is 0 Å². The summed E-state index contributed by atoms with van der Waals surface area (Å²) in [4.78, 5) is 27.7. The van der Waals surface area contributed by atoms with Gasteiger partial charge in [0.1, 0.15) is 5.82 Å². The van der Waals surface area contributed by atoms with Crippen LogP contribution >= 0.6 is 0 Å². The molecule has 6 heteroatoms. The fraction of sp³-hybridized carbons (Fsp3) is 0.529. The molecule has 1 aromatic rings. The van der Waals surface area contributed by atoms with Gasteiger partial charge in [0, 0.05) is 18.7 Å².